The number of fused-ring (bicyclic) bond motifs is 1. The minimum absolute atomic E-state index is 0.0702. The Morgan fingerprint density at radius 1 is 1.08 bits per heavy atom. The number of anilines is 1. The summed E-state index contributed by atoms with van der Waals surface area (Å²) in [5.74, 6) is -0.454. The number of hydrogen-bond acceptors (Lipinski definition) is 4. The molecule has 1 heterocycles. The van der Waals surface area contributed by atoms with Crippen LogP contribution in [0, 0.1) is 5.41 Å². The average molecular weight is 367 g/mol. The zero-order chi connectivity index (χ0) is 18.7. The average Bonchev–Trinajstić information content (AvgIpc) is 3.06. The van der Waals surface area contributed by atoms with E-state index in [2.05, 4.69) is 33.8 Å². The SMILES string of the molecule is CC(C)(C)C(=O)NCC(=O)Nc1nc(-c2cccc3ccccc23)cs1. The fourth-order valence-electron chi connectivity index (χ4n) is 2.49. The molecule has 1 aromatic heterocycles. The Labute approximate surface area is 156 Å². The number of benzene rings is 2. The van der Waals surface area contributed by atoms with Gasteiger partial charge in [-0.15, -0.1) is 11.3 Å². The number of carbonyl (C=O) groups excluding carboxylic acids is 2. The fraction of sp³-hybridized carbons (Fsp3) is 0.250. The van der Waals surface area contributed by atoms with Crippen molar-refractivity contribution in [2.45, 2.75) is 20.8 Å². The normalized spacial score (nSPS) is 11.3. The summed E-state index contributed by atoms with van der Waals surface area (Å²) >= 11 is 1.37. The first-order chi connectivity index (χ1) is 12.3. The highest BCUT2D eigenvalue weighted by Gasteiger charge is 2.21. The van der Waals surface area contributed by atoms with Crippen LogP contribution in [0.3, 0.4) is 0 Å². The molecule has 3 rings (SSSR count). The van der Waals surface area contributed by atoms with Crippen LogP contribution in [0.15, 0.2) is 47.8 Å². The van der Waals surface area contributed by atoms with Crippen LogP contribution in [0.1, 0.15) is 20.8 Å². The van der Waals surface area contributed by atoms with Crippen molar-refractivity contribution < 1.29 is 9.59 Å². The molecule has 2 N–H and O–H groups in total. The molecule has 0 bridgehead atoms. The lowest BCUT2D eigenvalue weighted by Crippen LogP contribution is -2.39. The van der Waals surface area contributed by atoms with Crippen LogP contribution < -0.4 is 10.6 Å². The van der Waals surface area contributed by atoms with Gasteiger partial charge in [-0.3, -0.25) is 9.59 Å². The highest BCUT2D eigenvalue weighted by atomic mass is 32.1. The van der Waals surface area contributed by atoms with E-state index in [1.807, 2.05) is 29.6 Å². The first kappa shape index (κ1) is 18.1. The number of carbonyl (C=O) groups is 2. The van der Waals surface area contributed by atoms with Gasteiger partial charge >= 0.3 is 0 Å². The summed E-state index contributed by atoms with van der Waals surface area (Å²) in [5.41, 5.74) is 1.32. The quantitative estimate of drug-likeness (QED) is 0.730. The number of thiazole rings is 1. The van der Waals surface area contributed by atoms with E-state index in [1.54, 1.807) is 20.8 Å². The van der Waals surface area contributed by atoms with Gasteiger partial charge in [0.2, 0.25) is 11.8 Å². The van der Waals surface area contributed by atoms with Gasteiger partial charge in [-0.1, -0.05) is 63.2 Å². The van der Waals surface area contributed by atoms with Crippen molar-refractivity contribution in [1.29, 1.82) is 0 Å². The van der Waals surface area contributed by atoms with Crippen LogP contribution >= 0.6 is 11.3 Å². The first-order valence-corrected chi connectivity index (χ1v) is 9.24. The van der Waals surface area contributed by atoms with Crippen molar-refractivity contribution in [2.75, 3.05) is 11.9 Å². The van der Waals surface area contributed by atoms with Gasteiger partial charge in [-0.25, -0.2) is 4.98 Å². The number of aromatic nitrogens is 1. The van der Waals surface area contributed by atoms with Gasteiger partial charge in [0.05, 0.1) is 12.2 Å². The van der Waals surface area contributed by atoms with Gasteiger partial charge in [-0.05, 0) is 10.8 Å². The van der Waals surface area contributed by atoms with Crippen molar-refractivity contribution in [1.82, 2.24) is 10.3 Å². The van der Waals surface area contributed by atoms with Crippen molar-refractivity contribution in [3.63, 3.8) is 0 Å². The Kier molecular flexibility index (Phi) is 5.04. The zero-order valence-corrected chi connectivity index (χ0v) is 15.8. The van der Waals surface area contributed by atoms with Gasteiger partial charge in [0, 0.05) is 16.4 Å². The zero-order valence-electron chi connectivity index (χ0n) is 15.0. The number of rotatable bonds is 4. The van der Waals surface area contributed by atoms with Gasteiger partial charge in [0.1, 0.15) is 0 Å². The lowest BCUT2D eigenvalue weighted by atomic mass is 9.96. The van der Waals surface area contributed by atoms with Crippen LogP contribution in [-0.4, -0.2) is 23.3 Å². The van der Waals surface area contributed by atoms with Crippen molar-refractivity contribution >= 4 is 39.1 Å². The molecule has 0 saturated heterocycles. The van der Waals surface area contributed by atoms with Crippen molar-refractivity contribution in [3.8, 4) is 11.3 Å². The summed E-state index contributed by atoms with van der Waals surface area (Å²) < 4.78 is 0. The highest BCUT2D eigenvalue weighted by Crippen LogP contribution is 2.30. The second-order valence-electron chi connectivity index (χ2n) is 7.05. The van der Waals surface area contributed by atoms with Crippen LogP contribution in [0.2, 0.25) is 0 Å². The van der Waals surface area contributed by atoms with Gasteiger partial charge in [0.25, 0.3) is 0 Å². The Balaban J connectivity index is 1.70. The second kappa shape index (κ2) is 7.25. The van der Waals surface area contributed by atoms with Gasteiger partial charge in [0.15, 0.2) is 5.13 Å². The maximum absolute atomic E-state index is 12.0. The van der Waals surface area contributed by atoms with Gasteiger partial charge in [-0.2, -0.15) is 0 Å². The molecule has 0 aliphatic heterocycles. The van der Waals surface area contributed by atoms with E-state index < -0.39 is 5.41 Å². The lowest BCUT2D eigenvalue weighted by molar-refractivity contribution is -0.130. The summed E-state index contributed by atoms with van der Waals surface area (Å²) in [6.07, 6.45) is 0. The minimum Gasteiger partial charge on any atom is -0.347 e. The van der Waals surface area contributed by atoms with Crippen LogP contribution in [-0.2, 0) is 9.59 Å². The smallest absolute Gasteiger partial charge is 0.245 e. The predicted molar refractivity (Wildman–Crippen MR) is 106 cm³/mol. The molecule has 0 spiro atoms. The van der Waals surface area contributed by atoms with Gasteiger partial charge < -0.3 is 10.6 Å². The van der Waals surface area contributed by atoms with E-state index >= 15 is 0 Å². The summed E-state index contributed by atoms with van der Waals surface area (Å²) in [6, 6.07) is 14.2. The molecule has 5 nitrogen and oxygen atoms in total. The molecule has 134 valence electrons. The van der Waals surface area contributed by atoms with Crippen molar-refractivity contribution in [2.24, 2.45) is 5.41 Å². The molecule has 26 heavy (non-hydrogen) atoms. The molecule has 0 aliphatic carbocycles. The number of nitrogens with one attached hydrogen (secondary N) is 2. The van der Waals surface area contributed by atoms with Crippen LogP contribution in [0.5, 0.6) is 0 Å². The highest BCUT2D eigenvalue weighted by molar-refractivity contribution is 7.14. The van der Waals surface area contributed by atoms with E-state index in [0.29, 0.717) is 5.13 Å². The van der Waals surface area contributed by atoms with Crippen LogP contribution in [0.25, 0.3) is 22.0 Å². The fourth-order valence-corrected chi connectivity index (χ4v) is 3.22. The molecular formula is C20H21N3O2S. The molecule has 0 aliphatic rings. The Hall–Kier alpha value is -2.73. The number of hydrogen-bond donors (Lipinski definition) is 2. The maximum Gasteiger partial charge on any atom is 0.245 e. The second-order valence-corrected chi connectivity index (χ2v) is 7.90. The summed E-state index contributed by atoms with van der Waals surface area (Å²) in [7, 11) is 0. The van der Waals surface area contributed by atoms with E-state index in [-0.39, 0.29) is 18.4 Å². The molecule has 0 unspecified atom stereocenters. The standard InChI is InChI=1S/C20H21N3O2S/c1-20(2,3)18(25)21-11-17(24)23-19-22-16(12-26-19)15-10-6-8-13-7-4-5-9-14(13)15/h4-10,12H,11H2,1-3H3,(H,21,25)(H,22,23,24). The Morgan fingerprint density at radius 3 is 2.58 bits per heavy atom. The minimum atomic E-state index is -0.525. The van der Waals surface area contributed by atoms with E-state index in [0.717, 1.165) is 22.0 Å². The lowest BCUT2D eigenvalue weighted by Gasteiger charge is -2.17. The molecule has 2 aromatic carbocycles. The van der Waals surface area contributed by atoms with E-state index in [9.17, 15) is 9.59 Å². The molecule has 6 heteroatoms. The summed E-state index contributed by atoms with van der Waals surface area (Å²) in [6.45, 7) is 5.34. The Bertz CT molecular complexity index is 952. The third kappa shape index (κ3) is 4.08. The molecule has 0 atom stereocenters. The molecule has 0 radical (unpaired) electrons. The summed E-state index contributed by atoms with van der Waals surface area (Å²) in [5, 5.41) is 10.1. The number of amides is 2. The Morgan fingerprint density at radius 2 is 1.81 bits per heavy atom. The molecule has 2 amide bonds. The number of nitrogens with zero attached hydrogens (tertiary/aromatic N) is 1. The van der Waals surface area contributed by atoms with E-state index in [1.165, 1.54) is 11.3 Å². The first-order valence-electron chi connectivity index (χ1n) is 8.36. The third-order valence-corrected chi connectivity index (χ3v) is 4.66. The predicted octanol–water partition coefficient (Wildman–Crippen LogP) is 4.06. The maximum atomic E-state index is 12.0. The molecule has 0 saturated carbocycles. The topological polar surface area (TPSA) is 71.1 Å². The summed E-state index contributed by atoms with van der Waals surface area (Å²) in [4.78, 5) is 28.4. The molecule has 0 fully saturated rings. The molecule has 3 aromatic rings. The third-order valence-electron chi connectivity index (χ3n) is 3.91. The van der Waals surface area contributed by atoms with E-state index in [4.69, 9.17) is 0 Å². The van der Waals surface area contributed by atoms with Crippen LogP contribution in [0.4, 0.5) is 5.13 Å². The van der Waals surface area contributed by atoms with Crippen molar-refractivity contribution in [3.05, 3.63) is 47.8 Å². The molecular weight excluding hydrogens is 346 g/mol. The largest absolute Gasteiger partial charge is 0.347 e. The monoisotopic (exact) mass is 367 g/mol.